The molecule has 1 atom stereocenters. The van der Waals surface area contributed by atoms with Crippen LogP contribution in [-0.2, 0) is 0 Å². The van der Waals surface area contributed by atoms with Crippen molar-refractivity contribution < 1.29 is 5.11 Å². The summed E-state index contributed by atoms with van der Waals surface area (Å²) in [5, 5.41) is 8.71. The zero-order chi connectivity index (χ0) is 8.27. The van der Waals surface area contributed by atoms with Crippen molar-refractivity contribution in [3.8, 4) is 0 Å². The van der Waals surface area contributed by atoms with E-state index in [2.05, 4.69) is 20.9 Å². The van der Waals surface area contributed by atoms with E-state index in [9.17, 15) is 0 Å². The van der Waals surface area contributed by atoms with Crippen LogP contribution < -0.4 is 5.73 Å². The predicted octanol–water partition coefficient (Wildman–Crippen LogP) is 1.26. The molecule has 0 saturated carbocycles. The van der Waals surface area contributed by atoms with Crippen LogP contribution in [0.25, 0.3) is 0 Å². The number of halogens is 2. The number of hydrogen-bond donors (Lipinski definition) is 2. The molecule has 1 aromatic heterocycles. The molecule has 1 heterocycles. The van der Waals surface area contributed by atoms with Gasteiger partial charge in [-0.25, -0.2) is 0 Å². The Labute approximate surface area is 85.5 Å². The van der Waals surface area contributed by atoms with Crippen molar-refractivity contribution in [1.82, 2.24) is 4.98 Å². The lowest BCUT2D eigenvalue weighted by molar-refractivity contribution is 0.268. The summed E-state index contributed by atoms with van der Waals surface area (Å²) < 4.78 is 0.874. The van der Waals surface area contributed by atoms with Gasteiger partial charge in [-0.2, -0.15) is 0 Å². The van der Waals surface area contributed by atoms with Gasteiger partial charge in [-0.1, -0.05) is 0 Å². The normalized spacial score (nSPS) is 11.9. The molecule has 0 saturated heterocycles. The molecule has 68 valence electrons. The van der Waals surface area contributed by atoms with Crippen molar-refractivity contribution in [2.45, 2.75) is 6.04 Å². The number of aliphatic hydroxyl groups excluding tert-OH is 1. The number of nitrogens with two attached hydrogens (primary N) is 1. The molecule has 1 aromatic rings. The number of nitrogens with zero attached hydrogens (tertiary/aromatic N) is 1. The van der Waals surface area contributed by atoms with E-state index in [4.69, 9.17) is 10.8 Å². The van der Waals surface area contributed by atoms with E-state index in [0.717, 1.165) is 10.0 Å². The van der Waals surface area contributed by atoms with Crippen molar-refractivity contribution >= 4 is 28.3 Å². The highest BCUT2D eigenvalue weighted by atomic mass is 79.9. The van der Waals surface area contributed by atoms with Crippen molar-refractivity contribution in [2.24, 2.45) is 5.73 Å². The Bertz CT molecular complexity index is 247. The fourth-order valence-corrected chi connectivity index (χ4v) is 1.12. The Morgan fingerprint density at radius 1 is 1.58 bits per heavy atom. The molecule has 0 radical (unpaired) electrons. The molecule has 12 heavy (non-hydrogen) atoms. The van der Waals surface area contributed by atoms with E-state index in [1.54, 1.807) is 12.4 Å². The molecule has 0 aliphatic heterocycles. The third kappa shape index (κ3) is 3.06. The van der Waals surface area contributed by atoms with Crippen LogP contribution in [0.2, 0.25) is 0 Å². The maximum absolute atomic E-state index is 8.71. The second-order valence-corrected chi connectivity index (χ2v) is 3.14. The van der Waals surface area contributed by atoms with Crippen LogP contribution in [0.4, 0.5) is 0 Å². The lowest BCUT2D eigenvalue weighted by Gasteiger charge is -2.06. The first-order valence-corrected chi connectivity index (χ1v) is 4.00. The number of rotatable bonds is 2. The molecule has 0 aromatic carbocycles. The number of aromatic nitrogens is 1. The van der Waals surface area contributed by atoms with Gasteiger partial charge in [-0.3, -0.25) is 4.98 Å². The van der Waals surface area contributed by atoms with Crippen LogP contribution in [0.3, 0.4) is 0 Å². The summed E-state index contributed by atoms with van der Waals surface area (Å²) in [5.41, 5.74) is 6.39. The lowest BCUT2D eigenvalue weighted by atomic mass is 10.1. The minimum Gasteiger partial charge on any atom is -0.394 e. The van der Waals surface area contributed by atoms with Gasteiger partial charge in [-0.15, -0.1) is 12.4 Å². The highest BCUT2D eigenvalue weighted by molar-refractivity contribution is 9.10. The quantitative estimate of drug-likeness (QED) is 0.834. The zero-order valence-corrected chi connectivity index (χ0v) is 8.68. The monoisotopic (exact) mass is 252 g/mol. The van der Waals surface area contributed by atoms with E-state index in [0.29, 0.717) is 0 Å². The zero-order valence-electron chi connectivity index (χ0n) is 6.27. The van der Waals surface area contributed by atoms with Gasteiger partial charge in [0.2, 0.25) is 0 Å². The molecule has 5 heteroatoms. The van der Waals surface area contributed by atoms with Crippen molar-refractivity contribution in [3.63, 3.8) is 0 Å². The van der Waals surface area contributed by atoms with E-state index in [-0.39, 0.29) is 25.1 Å². The fourth-order valence-electron chi connectivity index (χ4n) is 0.736. The Morgan fingerprint density at radius 3 is 2.75 bits per heavy atom. The smallest absolute Gasteiger partial charge is 0.0624 e. The van der Waals surface area contributed by atoms with Gasteiger partial charge in [0.25, 0.3) is 0 Å². The summed E-state index contributed by atoms with van der Waals surface area (Å²) in [6.07, 6.45) is 3.32. The summed E-state index contributed by atoms with van der Waals surface area (Å²) in [6, 6.07) is 1.51. The Kier molecular flexibility index (Phi) is 5.41. The summed E-state index contributed by atoms with van der Waals surface area (Å²) in [6.45, 7) is -0.0574. The molecule has 0 fully saturated rings. The average Bonchev–Trinajstić information content (AvgIpc) is 2.03. The summed E-state index contributed by atoms with van der Waals surface area (Å²) in [5.74, 6) is 0. The minimum atomic E-state index is -0.333. The predicted molar refractivity (Wildman–Crippen MR) is 53.2 cm³/mol. The molecule has 1 rings (SSSR count). The summed E-state index contributed by atoms with van der Waals surface area (Å²) >= 11 is 3.26. The van der Waals surface area contributed by atoms with E-state index < -0.39 is 0 Å². The minimum absolute atomic E-state index is 0. The van der Waals surface area contributed by atoms with Gasteiger partial charge in [0.1, 0.15) is 0 Å². The van der Waals surface area contributed by atoms with Crippen LogP contribution in [0.15, 0.2) is 22.9 Å². The molecule has 0 spiro atoms. The van der Waals surface area contributed by atoms with Crippen LogP contribution in [0, 0.1) is 0 Å². The average molecular weight is 254 g/mol. The van der Waals surface area contributed by atoms with Crippen LogP contribution in [0.5, 0.6) is 0 Å². The van der Waals surface area contributed by atoms with Gasteiger partial charge in [0, 0.05) is 16.9 Å². The fraction of sp³-hybridized carbons (Fsp3) is 0.286. The second-order valence-electron chi connectivity index (χ2n) is 2.23. The van der Waals surface area contributed by atoms with E-state index in [1.165, 1.54) is 0 Å². The first-order valence-electron chi connectivity index (χ1n) is 3.21. The highest BCUT2D eigenvalue weighted by Crippen LogP contribution is 2.13. The molecule has 0 amide bonds. The van der Waals surface area contributed by atoms with Crippen molar-refractivity contribution in [3.05, 3.63) is 28.5 Å². The molecule has 3 N–H and O–H groups in total. The van der Waals surface area contributed by atoms with E-state index >= 15 is 0 Å². The van der Waals surface area contributed by atoms with Crippen molar-refractivity contribution in [2.75, 3.05) is 6.61 Å². The molecule has 1 unspecified atom stereocenters. The number of hydrogen-bond acceptors (Lipinski definition) is 3. The third-order valence-corrected chi connectivity index (χ3v) is 1.78. The molecular formula is C7H10BrClN2O. The van der Waals surface area contributed by atoms with Crippen molar-refractivity contribution in [1.29, 1.82) is 0 Å². The maximum Gasteiger partial charge on any atom is 0.0624 e. The summed E-state index contributed by atoms with van der Waals surface area (Å²) in [4.78, 5) is 3.92. The molecule has 0 bridgehead atoms. The lowest BCUT2D eigenvalue weighted by Crippen LogP contribution is -2.14. The Balaban J connectivity index is 0.00000121. The van der Waals surface area contributed by atoms with Gasteiger partial charge in [0.15, 0.2) is 0 Å². The third-order valence-electron chi connectivity index (χ3n) is 1.35. The van der Waals surface area contributed by atoms with Crippen LogP contribution in [-0.4, -0.2) is 16.7 Å². The van der Waals surface area contributed by atoms with Gasteiger partial charge in [0.05, 0.1) is 12.6 Å². The topological polar surface area (TPSA) is 59.1 Å². The Hall–Kier alpha value is -0.160. The molecular weight excluding hydrogens is 243 g/mol. The SMILES string of the molecule is Cl.NC(CO)c1cncc(Br)c1. The van der Waals surface area contributed by atoms with Gasteiger partial charge >= 0.3 is 0 Å². The highest BCUT2D eigenvalue weighted by Gasteiger charge is 2.03. The molecule has 0 aliphatic rings. The standard InChI is InChI=1S/C7H9BrN2O.ClH/c8-6-1-5(2-10-3-6)7(9)4-11;/h1-3,7,11H,4,9H2;1H. The first kappa shape index (κ1) is 11.8. The molecule has 3 nitrogen and oxygen atoms in total. The number of pyridine rings is 1. The second kappa shape index (κ2) is 5.48. The van der Waals surface area contributed by atoms with Crippen LogP contribution in [0.1, 0.15) is 11.6 Å². The largest absolute Gasteiger partial charge is 0.394 e. The van der Waals surface area contributed by atoms with Gasteiger partial charge < -0.3 is 10.8 Å². The maximum atomic E-state index is 8.71. The molecule has 0 aliphatic carbocycles. The van der Waals surface area contributed by atoms with Gasteiger partial charge in [-0.05, 0) is 27.6 Å². The van der Waals surface area contributed by atoms with Crippen LogP contribution >= 0.6 is 28.3 Å². The Morgan fingerprint density at radius 2 is 2.25 bits per heavy atom. The first-order chi connectivity index (χ1) is 5.24. The van der Waals surface area contributed by atoms with E-state index in [1.807, 2.05) is 6.07 Å². The summed E-state index contributed by atoms with van der Waals surface area (Å²) in [7, 11) is 0. The number of aliphatic hydroxyl groups is 1.